The van der Waals surface area contributed by atoms with Gasteiger partial charge in [-0.15, -0.1) is 24.8 Å². The largest absolute Gasteiger partial charge is 0.339 e. The number of hydrogen-bond donors (Lipinski definition) is 1. The first kappa shape index (κ1) is 24.1. The second-order valence-corrected chi connectivity index (χ2v) is 7.35. The van der Waals surface area contributed by atoms with Crippen molar-refractivity contribution < 1.29 is 4.79 Å². The quantitative estimate of drug-likeness (QED) is 0.621. The summed E-state index contributed by atoms with van der Waals surface area (Å²) in [4.78, 5) is 24.2. The Balaban J connectivity index is 0.00000160. The van der Waals surface area contributed by atoms with E-state index in [9.17, 15) is 4.79 Å². The van der Waals surface area contributed by atoms with Crippen LogP contribution in [-0.2, 0) is 0 Å². The van der Waals surface area contributed by atoms with Crippen molar-refractivity contribution in [2.24, 2.45) is 5.92 Å². The number of piperidine rings is 1. The number of nitrogens with one attached hydrogen (secondary N) is 1. The van der Waals surface area contributed by atoms with Crippen LogP contribution in [0.5, 0.6) is 0 Å². The summed E-state index contributed by atoms with van der Waals surface area (Å²) in [5.74, 6) is 0.765. The van der Waals surface area contributed by atoms with Gasteiger partial charge in [0.15, 0.2) is 0 Å². The number of fused-ring (bicyclic) bond motifs is 1. The van der Waals surface area contributed by atoms with Gasteiger partial charge in [0.2, 0.25) is 0 Å². The molecule has 0 bridgehead atoms. The molecule has 1 N–H and O–H groups in total. The standard InChI is InChI=1S/C23H26N4O.2ClH/c1-2-24-16-17-9-13-27(14-10-17)23(28)20-15-22(18-7-11-25-12-8-18)26-21-6-4-3-5-19(20)21;;/h3-8,11-12,15,17,24H,2,9-10,13-14,16H2,1H3;2*1H. The molecule has 1 fully saturated rings. The number of para-hydroxylation sites is 1. The van der Waals surface area contributed by atoms with Crippen LogP contribution in [0, 0.1) is 5.92 Å². The van der Waals surface area contributed by atoms with E-state index in [1.54, 1.807) is 12.4 Å². The highest BCUT2D eigenvalue weighted by Gasteiger charge is 2.25. The molecule has 160 valence electrons. The van der Waals surface area contributed by atoms with Gasteiger partial charge < -0.3 is 10.2 Å². The molecule has 2 aromatic heterocycles. The smallest absolute Gasteiger partial charge is 0.254 e. The van der Waals surface area contributed by atoms with Crippen LogP contribution in [0.15, 0.2) is 54.9 Å². The van der Waals surface area contributed by atoms with Crippen molar-refractivity contribution in [3.05, 3.63) is 60.4 Å². The Hall–Kier alpha value is -2.21. The highest BCUT2D eigenvalue weighted by atomic mass is 35.5. The number of pyridine rings is 2. The van der Waals surface area contributed by atoms with E-state index < -0.39 is 0 Å². The molecule has 1 amide bonds. The molecule has 7 heteroatoms. The fraction of sp³-hybridized carbons (Fsp3) is 0.348. The molecule has 1 aliphatic rings. The van der Waals surface area contributed by atoms with Crippen LogP contribution in [0.1, 0.15) is 30.1 Å². The minimum Gasteiger partial charge on any atom is -0.339 e. The van der Waals surface area contributed by atoms with Crippen LogP contribution < -0.4 is 5.32 Å². The van der Waals surface area contributed by atoms with Gasteiger partial charge in [-0.25, -0.2) is 4.98 Å². The number of aromatic nitrogens is 2. The maximum atomic E-state index is 13.4. The lowest BCUT2D eigenvalue weighted by Crippen LogP contribution is -2.40. The topological polar surface area (TPSA) is 58.1 Å². The summed E-state index contributed by atoms with van der Waals surface area (Å²) in [6.07, 6.45) is 5.61. The maximum absolute atomic E-state index is 13.4. The van der Waals surface area contributed by atoms with Crippen molar-refractivity contribution in [3.8, 4) is 11.3 Å². The SMILES string of the molecule is CCNCC1CCN(C(=O)c2cc(-c3ccncc3)nc3ccccc23)CC1.Cl.Cl. The van der Waals surface area contributed by atoms with E-state index in [-0.39, 0.29) is 30.7 Å². The third-order valence-electron chi connectivity index (χ3n) is 5.51. The zero-order valence-corrected chi connectivity index (χ0v) is 18.7. The molecule has 5 nitrogen and oxygen atoms in total. The van der Waals surface area contributed by atoms with Gasteiger partial charge in [0.25, 0.3) is 5.91 Å². The number of amides is 1. The molecule has 0 radical (unpaired) electrons. The van der Waals surface area contributed by atoms with E-state index in [0.29, 0.717) is 5.92 Å². The molecule has 1 aliphatic heterocycles. The minimum absolute atomic E-state index is 0. The van der Waals surface area contributed by atoms with Gasteiger partial charge in [-0.05, 0) is 56.1 Å². The summed E-state index contributed by atoms with van der Waals surface area (Å²) in [7, 11) is 0. The number of carbonyl (C=O) groups excluding carboxylic acids is 1. The Morgan fingerprint density at radius 2 is 1.80 bits per heavy atom. The monoisotopic (exact) mass is 446 g/mol. The number of likely N-dealkylation sites (tertiary alicyclic amines) is 1. The Kier molecular flexibility index (Phi) is 9.03. The first-order valence-corrected chi connectivity index (χ1v) is 10.1. The molecular formula is C23H28Cl2N4O. The lowest BCUT2D eigenvalue weighted by molar-refractivity contribution is 0.0692. The van der Waals surface area contributed by atoms with Gasteiger partial charge in [-0.1, -0.05) is 25.1 Å². The Morgan fingerprint density at radius 1 is 1.10 bits per heavy atom. The minimum atomic E-state index is 0. The van der Waals surface area contributed by atoms with E-state index in [1.165, 1.54) is 0 Å². The lowest BCUT2D eigenvalue weighted by Gasteiger charge is -2.32. The second-order valence-electron chi connectivity index (χ2n) is 7.35. The maximum Gasteiger partial charge on any atom is 0.254 e. The van der Waals surface area contributed by atoms with Gasteiger partial charge in [0.05, 0.1) is 16.8 Å². The van der Waals surface area contributed by atoms with Crippen LogP contribution in [0.4, 0.5) is 0 Å². The molecule has 0 spiro atoms. The van der Waals surface area contributed by atoms with Crippen molar-refractivity contribution >= 4 is 41.6 Å². The highest BCUT2D eigenvalue weighted by Crippen LogP contribution is 2.27. The Bertz CT molecular complexity index is 960. The molecule has 1 saturated heterocycles. The summed E-state index contributed by atoms with van der Waals surface area (Å²) in [5.41, 5.74) is 3.37. The second kappa shape index (κ2) is 11.3. The molecule has 4 rings (SSSR count). The van der Waals surface area contributed by atoms with E-state index in [0.717, 1.165) is 66.7 Å². The summed E-state index contributed by atoms with van der Waals surface area (Å²) in [6, 6.07) is 13.7. The molecule has 1 aromatic carbocycles. The van der Waals surface area contributed by atoms with Gasteiger partial charge in [0, 0.05) is 36.4 Å². The first-order valence-electron chi connectivity index (χ1n) is 10.1. The summed E-state index contributed by atoms with van der Waals surface area (Å²) in [6.45, 7) is 5.81. The third kappa shape index (κ3) is 5.28. The fourth-order valence-electron chi connectivity index (χ4n) is 3.88. The van der Waals surface area contributed by atoms with Crippen molar-refractivity contribution in [1.29, 1.82) is 0 Å². The number of halogens is 2. The molecule has 0 atom stereocenters. The van der Waals surface area contributed by atoms with E-state index in [4.69, 9.17) is 4.98 Å². The van der Waals surface area contributed by atoms with Crippen molar-refractivity contribution in [1.82, 2.24) is 20.2 Å². The summed E-state index contributed by atoms with van der Waals surface area (Å²) in [5, 5.41) is 4.34. The van der Waals surface area contributed by atoms with Gasteiger partial charge in [0.1, 0.15) is 0 Å². The van der Waals surface area contributed by atoms with Crippen LogP contribution in [-0.4, -0.2) is 47.0 Å². The lowest BCUT2D eigenvalue weighted by atomic mass is 9.95. The van der Waals surface area contributed by atoms with E-state index in [2.05, 4.69) is 17.2 Å². The van der Waals surface area contributed by atoms with Crippen LogP contribution >= 0.6 is 24.8 Å². The molecule has 0 aliphatic carbocycles. The fourth-order valence-corrected chi connectivity index (χ4v) is 3.88. The van der Waals surface area contributed by atoms with Crippen LogP contribution in [0.3, 0.4) is 0 Å². The number of nitrogens with zero attached hydrogens (tertiary/aromatic N) is 3. The van der Waals surface area contributed by atoms with Gasteiger partial charge in [-0.3, -0.25) is 9.78 Å². The van der Waals surface area contributed by atoms with Gasteiger partial charge in [-0.2, -0.15) is 0 Å². The van der Waals surface area contributed by atoms with Crippen molar-refractivity contribution in [2.45, 2.75) is 19.8 Å². The third-order valence-corrected chi connectivity index (χ3v) is 5.51. The van der Waals surface area contributed by atoms with Crippen molar-refractivity contribution in [3.63, 3.8) is 0 Å². The molecule has 3 aromatic rings. The average molecular weight is 447 g/mol. The predicted molar refractivity (Wildman–Crippen MR) is 127 cm³/mol. The molecule has 0 saturated carbocycles. The molecule has 0 unspecified atom stereocenters. The molecular weight excluding hydrogens is 419 g/mol. The average Bonchev–Trinajstić information content (AvgIpc) is 2.77. The summed E-state index contributed by atoms with van der Waals surface area (Å²) < 4.78 is 0. The molecule has 3 heterocycles. The number of carbonyl (C=O) groups is 1. The van der Waals surface area contributed by atoms with E-state index in [1.807, 2.05) is 47.4 Å². The number of benzene rings is 1. The highest BCUT2D eigenvalue weighted by molar-refractivity contribution is 6.07. The normalized spacial score (nSPS) is 14.1. The molecule has 30 heavy (non-hydrogen) atoms. The van der Waals surface area contributed by atoms with Gasteiger partial charge >= 0.3 is 0 Å². The Morgan fingerprint density at radius 3 is 2.50 bits per heavy atom. The summed E-state index contributed by atoms with van der Waals surface area (Å²) >= 11 is 0. The van der Waals surface area contributed by atoms with Crippen LogP contribution in [0.2, 0.25) is 0 Å². The predicted octanol–water partition coefficient (Wildman–Crippen LogP) is 4.60. The van der Waals surface area contributed by atoms with Crippen molar-refractivity contribution in [2.75, 3.05) is 26.2 Å². The number of rotatable bonds is 5. The Labute approximate surface area is 190 Å². The first-order chi connectivity index (χ1) is 13.8. The zero-order valence-electron chi connectivity index (χ0n) is 17.1. The zero-order chi connectivity index (χ0) is 19.3. The number of hydrogen-bond acceptors (Lipinski definition) is 4. The van der Waals surface area contributed by atoms with Crippen LogP contribution in [0.25, 0.3) is 22.2 Å². The van der Waals surface area contributed by atoms with E-state index >= 15 is 0 Å².